The molecule has 1 heterocycles. The minimum Gasteiger partial charge on any atom is -0.459 e. The number of esters is 2. The Morgan fingerprint density at radius 3 is 2.07 bits per heavy atom. The van der Waals surface area contributed by atoms with E-state index >= 15 is 0 Å². The minimum absolute atomic E-state index is 0.0530. The van der Waals surface area contributed by atoms with E-state index in [4.69, 9.17) is 18.9 Å². The van der Waals surface area contributed by atoms with Crippen LogP contribution in [0.2, 0.25) is 0 Å². The minimum atomic E-state index is -1.51. The molecular weight excluding hydrogens is 364 g/mol. The number of hydrogen-bond acceptors (Lipinski definition) is 7. The molecule has 0 unspecified atom stereocenters. The maximum atomic E-state index is 12.1. The van der Waals surface area contributed by atoms with Crippen molar-refractivity contribution < 1.29 is 33.6 Å². The monoisotopic (exact) mass is 386 g/mol. The fourth-order valence-corrected chi connectivity index (χ4v) is 2.96. The number of methoxy groups -OCH3 is 1. The van der Waals surface area contributed by atoms with Crippen molar-refractivity contribution in [3.63, 3.8) is 0 Å². The Bertz CT molecular complexity index is 793. The van der Waals surface area contributed by atoms with Crippen molar-refractivity contribution in [2.45, 2.75) is 24.4 Å². The van der Waals surface area contributed by atoms with E-state index < -0.39 is 29.9 Å². The third kappa shape index (κ3) is 4.56. The van der Waals surface area contributed by atoms with Crippen LogP contribution in [0, 0.1) is 0 Å². The average Bonchev–Trinajstić information content (AvgIpc) is 3.07. The van der Waals surface area contributed by atoms with Gasteiger partial charge in [0.1, 0.15) is 19.3 Å². The fraction of sp³-hybridized carbons (Fsp3) is 0.333. The standard InChI is InChI=1S/C21H22O7/c1-25-21(14-27-20(24)16-10-6-3-7-11-16)18(22)12-17(28-21)13-26-19(23)15-8-4-2-5-9-15/h2-11,17-18,22H,12-14H2,1H3/t17-,18-,21-/m0/s1. The zero-order valence-corrected chi connectivity index (χ0v) is 15.4. The first-order valence-electron chi connectivity index (χ1n) is 8.89. The first-order valence-corrected chi connectivity index (χ1v) is 8.89. The van der Waals surface area contributed by atoms with Crippen molar-refractivity contribution in [1.82, 2.24) is 0 Å². The molecule has 1 N–H and O–H groups in total. The van der Waals surface area contributed by atoms with Gasteiger partial charge >= 0.3 is 11.9 Å². The van der Waals surface area contributed by atoms with Crippen molar-refractivity contribution >= 4 is 11.9 Å². The molecular formula is C21H22O7. The summed E-state index contributed by atoms with van der Waals surface area (Å²) < 4.78 is 21.6. The molecule has 0 aromatic heterocycles. The molecule has 2 aromatic carbocycles. The van der Waals surface area contributed by atoms with Gasteiger partial charge in [-0.3, -0.25) is 0 Å². The molecule has 0 spiro atoms. The number of carbonyl (C=O) groups excluding carboxylic acids is 2. The number of aliphatic hydroxyl groups is 1. The normalized spacial score (nSPS) is 23.9. The van der Waals surface area contributed by atoms with Gasteiger partial charge in [0.15, 0.2) is 0 Å². The Labute approximate surface area is 162 Å². The summed E-state index contributed by atoms with van der Waals surface area (Å²) in [4.78, 5) is 24.2. The number of rotatable bonds is 7. The van der Waals surface area contributed by atoms with E-state index in [2.05, 4.69) is 0 Å². The molecule has 0 radical (unpaired) electrons. The van der Waals surface area contributed by atoms with Crippen molar-refractivity contribution in [2.75, 3.05) is 20.3 Å². The predicted octanol–water partition coefficient (Wildman–Crippen LogP) is 2.19. The lowest BCUT2D eigenvalue weighted by Crippen LogP contribution is -2.46. The van der Waals surface area contributed by atoms with Gasteiger partial charge in [-0.15, -0.1) is 0 Å². The first kappa shape index (κ1) is 20.0. The van der Waals surface area contributed by atoms with Crippen LogP contribution >= 0.6 is 0 Å². The maximum Gasteiger partial charge on any atom is 0.338 e. The molecule has 148 valence electrons. The summed E-state index contributed by atoms with van der Waals surface area (Å²) in [5.41, 5.74) is 0.811. The van der Waals surface area contributed by atoms with Gasteiger partial charge < -0.3 is 24.1 Å². The topological polar surface area (TPSA) is 91.3 Å². The summed E-state index contributed by atoms with van der Waals surface area (Å²) in [7, 11) is 1.36. The summed E-state index contributed by atoms with van der Waals surface area (Å²) in [5, 5.41) is 10.4. The summed E-state index contributed by atoms with van der Waals surface area (Å²) in [6.07, 6.45) is -1.45. The number of carbonyl (C=O) groups is 2. The largest absolute Gasteiger partial charge is 0.459 e. The molecule has 0 amide bonds. The molecule has 28 heavy (non-hydrogen) atoms. The molecule has 0 bridgehead atoms. The molecule has 7 heteroatoms. The van der Waals surface area contributed by atoms with Gasteiger partial charge in [-0.25, -0.2) is 9.59 Å². The van der Waals surface area contributed by atoms with Crippen LogP contribution in [-0.4, -0.2) is 55.4 Å². The Kier molecular flexibility index (Phi) is 6.41. The quantitative estimate of drug-likeness (QED) is 0.730. The molecule has 7 nitrogen and oxygen atoms in total. The highest BCUT2D eigenvalue weighted by atomic mass is 16.7. The Morgan fingerprint density at radius 1 is 1.00 bits per heavy atom. The van der Waals surface area contributed by atoms with Crippen LogP contribution in [0.4, 0.5) is 0 Å². The molecule has 3 atom stereocenters. The molecule has 1 aliphatic heterocycles. The van der Waals surface area contributed by atoms with Crippen LogP contribution in [-0.2, 0) is 18.9 Å². The molecule has 1 aliphatic rings. The summed E-state index contributed by atoms with van der Waals surface area (Å²) in [6, 6.07) is 17.1. The first-order chi connectivity index (χ1) is 13.5. The molecule has 3 rings (SSSR count). The van der Waals surface area contributed by atoms with Gasteiger partial charge in [-0.1, -0.05) is 36.4 Å². The Hall–Kier alpha value is -2.74. The van der Waals surface area contributed by atoms with E-state index in [0.717, 1.165) is 0 Å². The zero-order valence-electron chi connectivity index (χ0n) is 15.4. The van der Waals surface area contributed by atoms with Gasteiger partial charge in [0.05, 0.1) is 17.2 Å². The van der Waals surface area contributed by atoms with Crippen LogP contribution in [0.15, 0.2) is 60.7 Å². The lowest BCUT2D eigenvalue weighted by molar-refractivity contribution is -0.262. The summed E-state index contributed by atoms with van der Waals surface area (Å²) >= 11 is 0. The van der Waals surface area contributed by atoms with Crippen molar-refractivity contribution in [3.8, 4) is 0 Å². The van der Waals surface area contributed by atoms with Crippen molar-refractivity contribution in [1.29, 1.82) is 0 Å². The number of hydrogen-bond donors (Lipinski definition) is 1. The number of benzene rings is 2. The van der Waals surface area contributed by atoms with Gasteiger partial charge in [-0.2, -0.15) is 0 Å². The second kappa shape index (κ2) is 8.97. The smallest absolute Gasteiger partial charge is 0.338 e. The third-order valence-electron chi connectivity index (χ3n) is 4.53. The SMILES string of the molecule is CO[C@@]1(COC(=O)c2ccccc2)O[C@H](COC(=O)c2ccccc2)C[C@@H]1O. The highest BCUT2D eigenvalue weighted by Crippen LogP contribution is 2.32. The third-order valence-corrected chi connectivity index (χ3v) is 4.53. The van der Waals surface area contributed by atoms with E-state index in [0.29, 0.717) is 11.1 Å². The molecule has 0 saturated carbocycles. The van der Waals surface area contributed by atoms with Gasteiger partial charge in [0.2, 0.25) is 5.79 Å². The van der Waals surface area contributed by atoms with Gasteiger partial charge in [0.25, 0.3) is 0 Å². The second-order valence-corrected chi connectivity index (χ2v) is 6.41. The molecule has 1 saturated heterocycles. The van der Waals surface area contributed by atoms with Crippen LogP contribution in [0.25, 0.3) is 0 Å². The van der Waals surface area contributed by atoms with Crippen LogP contribution < -0.4 is 0 Å². The molecule has 0 aliphatic carbocycles. The van der Waals surface area contributed by atoms with E-state index in [1.807, 2.05) is 0 Å². The van der Waals surface area contributed by atoms with Crippen LogP contribution in [0.1, 0.15) is 27.1 Å². The van der Waals surface area contributed by atoms with Crippen LogP contribution in [0.3, 0.4) is 0 Å². The van der Waals surface area contributed by atoms with Gasteiger partial charge in [-0.05, 0) is 24.3 Å². The number of aliphatic hydroxyl groups excluding tert-OH is 1. The van der Waals surface area contributed by atoms with Gasteiger partial charge in [0, 0.05) is 13.5 Å². The second-order valence-electron chi connectivity index (χ2n) is 6.41. The summed E-state index contributed by atoms with van der Waals surface area (Å²) in [6.45, 7) is -0.343. The number of ether oxygens (including phenoxy) is 4. The fourth-order valence-electron chi connectivity index (χ4n) is 2.96. The van der Waals surface area contributed by atoms with E-state index in [1.54, 1.807) is 60.7 Å². The summed E-state index contributed by atoms with van der Waals surface area (Å²) in [5.74, 6) is -2.54. The van der Waals surface area contributed by atoms with E-state index in [-0.39, 0.29) is 19.6 Å². The highest BCUT2D eigenvalue weighted by molar-refractivity contribution is 5.89. The average molecular weight is 386 g/mol. The predicted molar refractivity (Wildman–Crippen MR) is 98.7 cm³/mol. The highest BCUT2D eigenvalue weighted by Gasteiger charge is 2.50. The lowest BCUT2D eigenvalue weighted by atomic mass is 10.1. The molecule has 2 aromatic rings. The zero-order chi connectivity index (χ0) is 20.0. The molecule has 1 fully saturated rings. The van der Waals surface area contributed by atoms with Crippen molar-refractivity contribution in [2.24, 2.45) is 0 Å². The van der Waals surface area contributed by atoms with Crippen LogP contribution in [0.5, 0.6) is 0 Å². The van der Waals surface area contributed by atoms with Crippen molar-refractivity contribution in [3.05, 3.63) is 71.8 Å². The van der Waals surface area contributed by atoms with E-state index in [9.17, 15) is 14.7 Å². The Balaban J connectivity index is 1.55. The lowest BCUT2D eigenvalue weighted by Gasteiger charge is -2.29. The Morgan fingerprint density at radius 2 is 1.54 bits per heavy atom. The maximum absolute atomic E-state index is 12.1. The van der Waals surface area contributed by atoms with E-state index in [1.165, 1.54) is 7.11 Å².